The molecule has 2 rings (SSSR count). The Kier molecular flexibility index (Phi) is 11.3. The molecule has 0 spiro atoms. The molecule has 0 heterocycles. The second-order valence-corrected chi connectivity index (χ2v) is 7.74. The third-order valence-electron chi connectivity index (χ3n) is 4.04. The lowest BCUT2D eigenvalue weighted by Crippen LogP contribution is -2.25. The third kappa shape index (κ3) is 11.3. The largest absolute Gasteiger partial charge is 0.460 e. The van der Waals surface area contributed by atoms with Gasteiger partial charge in [-0.05, 0) is 48.9 Å². The van der Waals surface area contributed by atoms with Crippen molar-refractivity contribution in [2.45, 2.75) is 44.8 Å². The van der Waals surface area contributed by atoms with Crippen LogP contribution in [0.4, 0.5) is 0 Å². The van der Waals surface area contributed by atoms with E-state index in [1.807, 2.05) is 81.4 Å². The molecule has 0 bridgehead atoms. The molecule has 31 heavy (non-hydrogen) atoms. The molecule has 164 valence electrons. The first kappa shape index (κ1) is 25.5. The predicted molar refractivity (Wildman–Crippen MR) is 121 cm³/mol. The molecular weight excluding hydrogens is 394 g/mol. The van der Waals surface area contributed by atoms with Gasteiger partial charge < -0.3 is 10.5 Å². The summed E-state index contributed by atoms with van der Waals surface area (Å²) in [6, 6.07) is 18.9. The van der Waals surface area contributed by atoms with Crippen molar-refractivity contribution in [2.24, 2.45) is 16.0 Å². The lowest BCUT2D eigenvalue weighted by atomic mass is 9.96. The van der Waals surface area contributed by atoms with Gasteiger partial charge >= 0.3 is 5.97 Å². The van der Waals surface area contributed by atoms with Crippen molar-refractivity contribution in [1.82, 2.24) is 0 Å². The molecule has 0 saturated heterocycles. The van der Waals surface area contributed by atoms with Crippen LogP contribution in [-0.4, -0.2) is 24.7 Å². The fraction of sp³-hybridized carbons (Fsp3) is 0.409. The van der Waals surface area contributed by atoms with Crippen LogP contribution in [0, 0.1) is 0 Å². The summed E-state index contributed by atoms with van der Waals surface area (Å²) in [4.78, 5) is 17.3. The molecule has 2 N–H and O–H groups in total. The van der Waals surface area contributed by atoms with E-state index in [1.165, 1.54) is 0 Å². The Labute approximate surface area is 182 Å². The van der Waals surface area contributed by atoms with Gasteiger partial charge in [-0.25, -0.2) is 0 Å². The van der Waals surface area contributed by atoms with E-state index < -0.39 is 5.60 Å². The first-order chi connectivity index (χ1) is 14.8. The van der Waals surface area contributed by atoms with E-state index in [1.54, 1.807) is 0 Å². The molecule has 9 nitrogen and oxygen atoms in total. The van der Waals surface area contributed by atoms with Crippen LogP contribution in [0.5, 0.6) is 0 Å². The molecule has 0 radical (unpaired) electrons. The molecule has 0 unspecified atom stereocenters. The van der Waals surface area contributed by atoms with Gasteiger partial charge in [-0.3, -0.25) is 4.79 Å². The summed E-state index contributed by atoms with van der Waals surface area (Å²) >= 11 is 0. The summed E-state index contributed by atoms with van der Waals surface area (Å²) in [7, 11) is 0. The minimum Gasteiger partial charge on any atom is -0.460 e. The van der Waals surface area contributed by atoms with Crippen molar-refractivity contribution >= 4 is 5.97 Å². The number of nitrogens with two attached hydrogens (primary N) is 1. The first-order valence-corrected chi connectivity index (χ1v) is 9.86. The van der Waals surface area contributed by atoms with E-state index in [4.69, 9.17) is 21.5 Å². The van der Waals surface area contributed by atoms with Gasteiger partial charge in [-0.2, -0.15) is 0 Å². The van der Waals surface area contributed by atoms with Crippen LogP contribution < -0.4 is 5.73 Å². The summed E-state index contributed by atoms with van der Waals surface area (Å²) in [6.45, 7) is 6.04. The number of nitrogens with zero attached hydrogens (tertiary/aromatic N) is 6. The molecule has 2 atom stereocenters. The highest BCUT2D eigenvalue weighted by Gasteiger charge is 2.21. The van der Waals surface area contributed by atoms with Gasteiger partial charge in [-0.15, -0.1) is 0 Å². The second kappa shape index (κ2) is 13.7. The molecule has 0 aliphatic heterocycles. The van der Waals surface area contributed by atoms with Gasteiger partial charge in [0.2, 0.25) is 0 Å². The first-order valence-electron chi connectivity index (χ1n) is 9.86. The van der Waals surface area contributed by atoms with Crippen molar-refractivity contribution in [3.8, 4) is 0 Å². The Morgan fingerprint density at radius 1 is 0.935 bits per heavy atom. The number of benzene rings is 2. The molecular formula is C22H29N7O2. The average Bonchev–Trinajstić information content (AvgIpc) is 2.75. The van der Waals surface area contributed by atoms with Crippen molar-refractivity contribution in [2.75, 3.05) is 13.1 Å². The van der Waals surface area contributed by atoms with E-state index in [2.05, 4.69) is 20.1 Å². The lowest BCUT2D eigenvalue weighted by Gasteiger charge is -2.21. The summed E-state index contributed by atoms with van der Waals surface area (Å²) in [5, 5.41) is 6.97. The molecule has 0 fully saturated rings. The minimum atomic E-state index is -0.503. The molecule has 0 amide bonds. The number of carbonyl (C=O) groups is 1. The normalized spacial score (nSPS) is 12.1. The van der Waals surface area contributed by atoms with Crippen LogP contribution >= 0.6 is 0 Å². The number of hydrogen-bond donors (Lipinski definition) is 1. The smallest absolute Gasteiger partial charge is 0.306 e. The second-order valence-electron chi connectivity index (χ2n) is 7.74. The predicted octanol–water partition coefficient (Wildman–Crippen LogP) is 5.81. The zero-order chi connectivity index (χ0) is 23.1. The van der Waals surface area contributed by atoms with Gasteiger partial charge in [0.25, 0.3) is 0 Å². The monoisotopic (exact) mass is 423 g/mol. The van der Waals surface area contributed by atoms with Gasteiger partial charge in [0.1, 0.15) is 5.60 Å². The molecule has 0 aromatic heterocycles. The Hall–Kier alpha value is -3.51. The highest BCUT2D eigenvalue weighted by atomic mass is 16.6. The Morgan fingerprint density at radius 2 is 1.42 bits per heavy atom. The van der Waals surface area contributed by atoms with Crippen LogP contribution in [0.3, 0.4) is 0 Å². The van der Waals surface area contributed by atoms with Crippen LogP contribution in [0.1, 0.15) is 50.3 Å². The van der Waals surface area contributed by atoms with Crippen molar-refractivity contribution in [1.29, 1.82) is 0 Å². The van der Waals surface area contributed by atoms with E-state index in [-0.39, 0.29) is 30.9 Å². The molecule has 0 aliphatic carbocycles. The van der Waals surface area contributed by atoms with Gasteiger partial charge in [0, 0.05) is 29.0 Å². The molecule has 9 heteroatoms. The van der Waals surface area contributed by atoms with Gasteiger partial charge in [0.05, 0.1) is 6.42 Å². The van der Waals surface area contributed by atoms with Crippen LogP contribution in [-0.2, 0) is 9.53 Å². The number of carbonyl (C=O) groups excluding carboxylic acids is 1. The van der Waals surface area contributed by atoms with Crippen LogP contribution in [0.25, 0.3) is 20.9 Å². The highest BCUT2D eigenvalue weighted by Crippen LogP contribution is 2.22. The number of esters is 1. The van der Waals surface area contributed by atoms with E-state index in [9.17, 15) is 4.79 Å². The zero-order valence-corrected chi connectivity index (χ0v) is 18.1. The van der Waals surface area contributed by atoms with Gasteiger partial charge in [0.15, 0.2) is 0 Å². The SMILES string of the molecule is CC(C)(C)OC(=O)C[C@H](CN=[N+]=[N-])c1ccccc1.[N-]=[N+]=NC[C@@H](N)c1ccccc1. The third-order valence-corrected chi connectivity index (χ3v) is 4.04. The summed E-state index contributed by atoms with van der Waals surface area (Å²) < 4.78 is 5.30. The van der Waals surface area contributed by atoms with Crippen molar-refractivity contribution in [3.63, 3.8) is 0 Å². The summed E-state index contributed by atoms with van der Waals surface area (Å²) in [5.74, 6) is -0.429. The quantitative estimate of drug-likeness (QED) is 0.247. The standard InChI is InChI=1S/C14H19N3O2.C8H10N4/c1-14(2,3)19-13(18)9-12(10-16-17-15)11-7-5-4-6-8-11;9-8(6-11-12-10)7-4-2-1-3-5-7/h4-8,12H,9-10H2,1-3H3;1-5,8H,6,9H2/t12-;8-/m11/s1. The maximum atomic E-state index is 11.8. The Balaban J connectivity index is 0.000000343. The van der Waals surface area contributed by atoms with Crippen LogP contribution in [0.15, 0.2) is 70.9 Å². The highest BCUT2D eigenvalue weighted by molar-refractivity contribution is 5.71. The molecule has 0 saturated carbocycles. The number of azide groups is 2. The average molecular weight is 424 g/mol. The Morgan fingerprint density at radius 3 is 1.90 bits per heavy atom. The number of ether oxygens (including phenoxy) is 1. The van der Waals surface area contributed by atoms with Crippen LogP contribution in [0.2, 0.25) is 0 Å². The summed E-state index contributed by atoms with van der Waals surface area (Å²) in [6.07, 6.45) is 0.209. The fourth-order valence-corrected chi connectivity index (χ4v) is 2.66. The minimum absolute atomic E-state index is 0.146. The van der Waals surface area contributed by atoms with E-state index in [0.29, 0.717) is 6.54 Å². The van der Waals surface area contributed by atoms with Gasteiger partial charge in [-0.1, -0.05) is 70.9 Å². The molecule has 2 aromatic rings. The van der Waals surface area contributed by atoms with Crippen molar-refractivity contribution < 1.29 is 9.53 Å². The van der Waals surface area contributed by atoms with E-state index in [0.717, 1.165) is 11.1 Å². The maximum absolute atomic E-state index is 11.8. The molecule has 0 aliphatic rings. The fourth-order valence-electron chi connectivity index (χ4n) is 2.66. The number of rotatable bonds is 8. The molecule has 2 aromatic carbocycles. The lowest BCUT2D eigenvalue weighted by molar-refractivity contribution is -0.155. The Bertz CT molecular complexity index is 885. The summed E-state index contributed by atoms with van der Waals surface area (Å²) in [5.41, 5.74) is 23.7. The van der Waals surface area contributed by atoms with E-state index >= 15 is 0 Å². The zero-order valence-electron chi connectivity index (χ0n) is 18.1. The van der Waals surface area contributed by atoms with Crippen molar-refractivity contribution in [3.05, 3.63) is 92.7 Å². The topological polar surface area (TPSA) is 150 Å². The number of hydrogen-bond acceptors (Lipinski definition) is 5. The maximum Gasteiger partial charge on any atom is 0.306 e.